The quantitative estimate of drug-likeness (QED) is 0.513. The van der Waals surface area contributed by atoms with Crippen molar-refractivity contribution in [2.24, 2.45) is 5.92 Å². The van der Waals surface area contributed by atoms with Crippen LogP contribution in [0.15, 0.2) is 12.2 Å². The highest BCUT2D eigenvalue weighted by Gasteiger charge is 2.25. The molecule has 5 heteroatoms. The summed E-state index contributed by atoms with van der Waals surface area (Å²) < 4.78 is 3.46. The molecular formula is C7H6NO4+. The Bertz CT molecular complexity index is 322. The highest BCUT2D eigenvalue weighted by Crippen LogP contribution is 1.97. The molecule has 1 aliphatic rings. The average molecular weight is 168 g/mol. The van der Waals surface area contributed by atoms with Crippen LogP contribution >= 0.6 is 0 Å². The van der Waals surface area contributed by atoms with Gasteiger partial charge in [-0.2, -0.15) is 0 Å². The molecule has 0 saturated carbocycles. The molecule has 5 nitrogen and oxygen atoms in total. The van der Waals surface area contributed by atoms with Crippen LogP contribution in [-0.4, -0.2) is 34.1 Å². The van der Waals surface area contributed by atoms with E-state index in [0.717, 1.165) is 6.21 Å². The van der Waals surface area contributed by atoms with E-state index in [9.17, 15) is 9.59 Å². The van der Waals surface area contributed by atoms with Crippen molar-refractivity contribution in [3.05, 3.63) is 12.2 Å². The summed E-state index contributed by atoms with van der Waals surface area (Å²) in [7, 11) is 0. The van der Waals surface area contributed by atoms with Crippen LogP contribution in [0.25, 0.3) is 0 Å². The molecule has 1 rings (SSSR count). The first-order chi connectivity index (χ1) is 5.61. The van der Waals surface area contributed by atoms with Crippen LogP contribution in [0.2, 0.25) is 0 Å². The lowest BCUT2D eigenvalue weighted by Gasteiger charge is -1.93. The maximum Gasteiger partial charge on any atom is 0.419 e. The van der Waals surface area contributed by atoms with E-state index in [1.807, 2.05) is 0 Å². The molecule has 0 radical (unpaired) electrons. The Kier molecular flexibility index (Phi) is 2.07. The fourth-order valence-electron chi connectivity index (χ4n) is 0.721. The molecule has 0 aromatic carbocycles. The van der Waals surface area contributed by atoms with E-state index in [4.69, 9.17) is 10.2 Å². The van der Waals surface area contributed by atoms with Crippen LogP contribution in [0.5, 0.6) is 0 Å². The monoisotopic (exact) mass is 168 g/mol. The van der Waals surface area contributed by atoms with Gasteiger partial charge in [0.2, 0.25) is 0 Å². The second-order valence-corrected chi connectivity index (χ2v) is 2.19. The topological polar surface area (TPSA) is 88.7 Å². The first kappa shape index (κ1) is 8.23. The number of aliphatic carboxylic acids is 2. The average Bonchev–Trinajstić information content (AvgIpc) is 2.04. The Hall–Kier alpha value is -1.87. The van der Waals surface area contributed by atoms with E-state index in [1.54, 1.807) is 0 Å². The summed E-state index contributed by atoms with van der Waals surface area (Å²) in [4.78, 5) is 20.6. The summed E-state index contributed by atoms with van der Waals surface area (Å²) >= 11 is 0. The zero-order chi connectivity index (χ0) is 9.14. The van der Waals surface area contributed by atoms with Crippen molar-refractivity contribution in [2.45, 2.75) is 0 Å². The lowest BCUT2D eigenvalue weighted by atomic mass is 10.1. The first-order valence-corrected chi connectivity index (χ1v) is 3.16. The van der Waals surface area contributed by atoms with Gasteiger partial charge in [-0.05, 0) is 0 Å². The van der Waals surface area contributed by atoms with Crippen molar-refractivity contribution in [3.8, 4) is 0 Å². The summed E-state index contributed by atoms with van der Waals surface area (Å²) in [6.45, 7) is 0. The largest absolute Gasteiger partial charge is 0.480 e. The number of carboxylic acid groups (broad SMARTS) is 2. The zero-order valence-corrected chi connectivity index (χ0v) is 5.97. The smallest absolute Gasteiger partial charge is 0.419 e. The highest BCUT2D eigenvalue weighted by molar-refractivity contribution is 6.40. The molecule has 62 valence electrons. The SMILES string of the molecule is O=C(O)C1=[N+]=CC(C(=O)O)C=C1. The minimum absolute atomic E-state index is 0.146. The number of nitrogens with zero attached hydrogens (tertiary/aromatic N) is 1. The minimum atomic E-state index is -1.16. The number of hydrogen-bond donors (Lipinski definition) is 2. The molecule has 1 aliphatic heterocycles. The Balaban J connectivity index is 2.91. The summed E-state index contributed by atoms with van der Waals surface area (Å²) in [6, 6.07) is 0. The third kappa shape index (κ3) is 1.59. The van der Waals surface area contributed by atoms with E-state index in [2.05, 4.69) is 4.67 Å². The second kappa shape index (κ2) is 3.02. The van der Waals surface area contributed by atoms with E-state index in [-0.39, 0.29) is 5.71 Å². The molecule has 2 N–H and O–H groups in total. The molecule has 12 heavy (non-hydrogen) atoms. The molecule has 1 atom stereocenters. The van der Waals surface area contributed by atoms with Crippen molar-refractivity contribution in [1.29, 1.82) is 0 Å². The predicted octanol–water partition coefficient (Wildman–Crippen LogP) is -1.08. The van der Waals surface area contributed by atoms with Crippen LogP contribution in [0.3, 0.4) is 0 Å². The fraction of sp³-hybridized carbons (Fsp3) is 0.143. The molecule has 0 saturated heterocycles. The van der Waals surface area contributed by atoms with Gasteiger partial charge < -0.3 is 10.2 Å². The van der Waals surface area contributed by atoms with Crippen LogP contribution in [0.1, 0.15) is 0 Å². The van der Waals surface area contributed by atoms with Crippen LogP contribution in [0.4, 0.5) is 0 Å². The molecule has 0 amide bonds. The lowest BCUT2D eigenvalue weighted by molar-refractivity contribution is -0.138. The molecule has 0 bridgehead atoms. The Morgan fingerprint density at radius 3 is 2.42 bits per heavy atom. The number of rotatable bonds is 2. The number of carboxylic acids is 2. The summed E-state index contributed by atoms with van der Waals surface area (Å²) in [5, 5.41) is 16.9. The molecule has 0 fully saturated rings. The van der Waals surface area contributed by atoms with Gasteiger partial charge in [0.25, 0.3) is 6.21 Å². The van der Waals surface area contributed by atoms with Crippen LogP contribution < -0.4 is 4.67 Å². The van der Waals surface area contributed by atoms with Crippen molar-refractivity contribution in [3.63, 3.8) is 0 Å². The van der Waals surface area contributed by atoms with Crippen molar-refractivity contribution < 1.29 is 19.8 Å². The maximum atomic E-state index is 10.3. The maximum absolute atomic E-state index is 10.3. The fourth-order valence-corrected chi connectivity index (χ4v) is 0.721. The van der Waals surface area contributed by atoms with E-state index in [1.165, 1.54) is 12.2 Å². The summed E-state index contributed by atoms with van der Waals surface area (Å²) in [6.07, 6.45) is 3.55. The third-order valence-corrected chi connectivity index (χ3v) is 1.34. The number of hydrogen-bond acceptors (Lipinski definition) is 2. The molecular weight excluding hydrogens is 162 g/mol. The van der Waals surface area contributed by atoms with Gasteiger partial charge in [0.05, 0.1) is 0 Å². The van der Waals surface area contributed by atoms with Crippen molar-refractivity contribution in [2.75, 3.05) is 0 Å². The molecule has 0 aromatic rings. The van der Waals surface area contributed by atoms with E-state index < -0.39 is 17.9 Å². The van der Waals surface area contributed by atoms with Crippen LogP contribution in [0, 0.1) is 5.92 Å². The molecule has 0 aromatic heterocycles. The van der Waals surface area contributed by atoms with E-state index in [0.29, 0.717) is 0 Å². The summed E-state index contributed by atoms with van der Waals surface area (Å²) in [5.41, 5.74) is -0.146. The second-order valence-electron chi connectivity index (χ2n) is 2.19. The predicted molar refractivity (Wildman–Crippen MR) is 41.1 cm³/mol. The Morgan fingerprint density at radius 2 is 2.08 bits per heavy atom. The van der Waals surface area contributed by atoms with Crippen molar-refractivity contribution >= 4 is 23.9 Å². The van der Waals surface area contributed by atoms with Gasteiger partial charge in [-0.3, -0.25) is 4.79 Å². The Labute approximate surface area is 67.4 Å². The van der Waals surface area contributed by atoms with Gasteiger partial charge in [-0.25, -0.2) is 4.79 Å². The van der Waals surface area contributed by atoms with Gasteiger partial charge >= 0.3 is 17.7 Å². The third-order valence-electron chi connectivity index (χ3n) is 1.34. The van der Waals surface area contributed by atoms with Gasteiger partial charge in [-0.1, -0.05) is 10.7 Å². The molecule has 0 spiro atoms. The lowest BCUT2D eigenvalue weighted by Crippen LogP contribution is -2.22. The van der Waals surface area contributed by atoms with Gasteiger partial charge in [0, 0.05) is 6.08 Å². The van der Waals surface area contributed by atoms with Crippen LogP contribution in [-0.2, 0) is 9.59 Å². The van der Waals surface area contributed by atoms with Gasteiger partial charge in [0.15, 0.2) is 5.92 Å². The standard InChI is InChI=1S/C7H5NO4/c9-6(10)4-1-2-5(7(11)12)8-3-4/h1-4H,(H-,9,10,11,12)/p+1. The van der Waals surface area contributed by atoms with Crippen molar-refractivity contribution in [1.82, 2.24) is 4.67 Å². The molecule has 1 unspecified atom stereocenters. The molecule has 1 heterocycles. The number of carbonyl (C=O) groups is 2. The Morgan fingerprint density at radius 1 is 1.42 bits per heavy atom. The first-order valence-electron chi connectivity index (χ1n) is 3.16. The van der Waals surface area contributed by atoms with E-state index >= 15 is 0 Å². The zero-order valence-electron chi connectivity index (χ0n) is 5.97. The highest BCUT2D eigenvalue weighted by atomic mass is 16.4. The molecule has 0 aliphatic carbocycles. The minimum Gasteiger partial charge on any atom is -0.480 e. The van der Waals surface area contributed by atoms with Gasteiger partial charge in [-0.15, -0.1) is 0 Å². The van der Waals surface area contributed by atoms with Gasteiger partial charge in [0.1, 0.15) is 0 Å². The summed E-state index contributed by atoms with van der Waals surface area (Å²) in [5.74, 6) is -3.01. The normalized spacial score (nSPS) is 20.3.